The van der Waals surface area contributed by atoms with Gasteiger partial charge >= 0.3 is 6.01 Å². The molecular formula is C13H14BrN3O2. The first-order chi connectivity index (χ1) is 9.29. The van der Waals surface area contributed by atoms with Crippen molar-refractivity contribution < 1.29 is 9.84 Å². The lowest BCUT2D eigenvalue weighted by Gasteiger charge is -2.10. The van der Waals surface area contributed by atoms with Crippen LogP contribution in [-0.4, -0.2) is 28.2 Å². The van der Waals surface area contributed by atoms with Crippen LogP contribution in [0.25, 0.3) is 0 Å². The molecule has 1 aromatic carbocycles. The van der Waals surface area contributed by atoms with Gasteiger partial charge in [0.05, 0.1) is 6.61 Å². The number of hydrogen-bond acceptors (Lipinski definition) is 5. The molecular weight excluding hydrogens is 310 g/mol. The van der Waals surface area contributed by atoms with E-state index in [4.69, 9.17) is 9.84 Å². The molecule has 1 heterocycles. The highest BCUT2D eigenvalue weighted by Crippen LogP contribution is 2.26. The van der Waals surface area contributed by atoms with Crippen LogP contribution in [0, 0.1) is 0 Å². The van der Waals surface area contributed by atoms with Crippen molar-refractivity contribution >= 4 is 15.9 Å². The van der Waals surface area contributed by atoms with E-state index >= 15 is 0 Å². The molecule has 2 aromatic rings. The number of hydrogen-bond donors (Lipinski definition) is 2. The molecule has 2 rings (SSSR count). The highest BCUT2D eigenvalue weighted by molar-refractivity contribution is 9.10. The van der Waals surface area contributed by atoms with Gasteiger partial charge in [-0.2, -0.15) is 0 Å². The van der Waals surface area contributed by atoms with Crippen LogP contribution in [-0.2, 0) is 6.54 Å². The van der Waals surface area contributed by atoms with Gasteiger partial charge in [-0.05, 0) is 24.3 Å². The third kappa shape index (κ3) is 4.27. The van der Waals surface area contributed by atoms with Gasteiger partial charge in [0.2, 0.25) is 0 Å². The number of ether oxygens (including phenoxy) is 1. The lowest BCUT2D eigenvalue weighted by molar-refractivity contribution is 0.291. The van der Waals surface area contributed by atoms with Gasteiger partial charge in [0.1, 0.15) is 5.75 Å². The van der Waals surface area contributed by atoms with Crippen LogP contribution in [0.2, 0.25) is 0 Å². The Bertz CT molecular complexity index is 523. The lowest BCUT2D eigenvalue weighted by Crippen LogP contribution is -2.17. The fourth-order valence-electron chi connectivity index (χ4n) is 1.52. The number of aliphatic hydroxyl groups is 1. The van der Waals surface area contributed by atoms with E-state index in [9.17, 15) is 0 Å². The molecule has 6 heteroatoms. The molecule has 0 radical (unpaired) electrons. The Morgan fingerprint density at radius 2 is 2.05 bits per heavy atom. The Hall–Kier alpha value is -1.50. The third-order valence-corrected chi connectivity index (χ3v) is 2.86. The summed E-state index contributed by atoms with van der Waals surface area (Å²) >= 11 is 3.43. The van der Waals surface area contributed by atoms with E-state index in [1.807, 2.05) is 18.2 Å². The lowest BCUT2D eigenvalue weighted by atomic mass is 10.2. The third-order valence-electron chi connectivity index (χ3n) is 2.37. The molecule has 0 fully saturated rings. The zero-order valence-corrected chi connectivity index (χ0v) is 11.8. The van der Waals surface area contributed by atoms with Crippen molar-refractivity contribution in [1.29, 1.82) is 0 Å². The van der Waals surface area contributed by atoms with Gasteiger partial charge in [0, 0.05) is 35.5 Å². The zero-order valence-electron chi connectivity index (χ0n) is 10.2. The largest absolute Gasteiger partial charge is 0.424 e. The van der Waals surface area contributed by atoms with Crippen LogP contribution >= 0.6 is 15.9 Å². The first-order valence-electron chi connectivity index (χ1n) is 5.84. The number of benzene rings is 1. The maximum Gasteiger partial charge on any atom is 0.321 e. The summed E-state index contributed by atoms with van der Waals surface area (Å²) in [6.07, 6.45) is 3.26. The monoisotopic (exact) mass is 323 g/mol. The number of rotatable bonds is 6. The average Bonchev–Trinajstić information content (AvgIpc) is 2.43. The number of nitrogens with zero attached hydrogens (tertiary/aromatic N) is 2. The topological polar surface area (TPSA) is 67.3 Å². The number of aliphatic hydroxyl groups excluding tert-OH is 1. The molecule has 5 nitrogen and oxygen atoms in total. The predicted octanol–water partition coefficient (Wildman–Crippen LogP) is 2.11. The molecule has 0 aliphatic rings. The standard InChI is InChI=1S/C13H14BrN3O2/c14-11-2-3-12(10(8-11)9-15-6-7-18)19-13-16-4-1-5-17-13/h1-5,8,15,18H,6-7,9H2. The highest BCUT2D eigenvalue weighted by atomic mass is 79.9. The quantitative estimate of drug-likeness (QED) is 0.797. The van der Waals surface area contributed by atoms with Gasteiger partial charge in [0.15, 0.2) is 0 Å². The predicted molar refractivity (Wildman–Crippen MR) is 75.0 cm³/mol. The summed E-state index contributed by atoms with van der Waals surface area (Å²) in [4.78, 5) is 8.06. The second kappa shape index (κ2) is 7.18. The molecule has 0 unspecified atom stereocenters. The maximum absolute atomic E-state index is 8.78. The van der Waals surface area contributed by atoms with Gasteiger partial charge in [-0.3, -0.25) is 0 Å². The summed E-state index contributed by atoms with van der Waals surface area (Å²) in [5.74, 6) is 0.694. The second-order valence-electron chi connectivity index (χ2n) is 3.79. The molecule has 0 atom stereocenters. The van der Waals surface area contributed by atoms with Crippen molar-refractivity contribution in [3.05, 3.63) is 46.7 Å². The minimum Gasteiger partial charge on any atom is -0.424 e. The summed E-state index contributed by atoms with van der Waals surface area (Å²) < 4.78 is 6.62. The Morgan fingerprint density at radius 1 is 1.26 bits per heavy atom. The van der Waals surface area contributed by atoms with Crippen molar-refractivity contribution in [3.63, 3.8) is 0 Å². The van der Waals surface area contributed by atoms with Gasteiger partial charge in [-0.15, -0.1) is 0 Å². The molecule has 0 saturated carbocycles. The van der Waals surface area contributed by atoms with Crippen LogP contribution in [0.15, 0.2) is 41.1 Å². The van der Waals surface area contributed by atoms with Crippen molar-refractivity contribution in [1.82, 2.24) is 15.3 Å². The Labute approximate surface area is 119 Å². The number of halogens is 1. The maximum atomic E-state index is 8.78. The van der Waals surface area contributed by atoms with Crippen LogP contribution in [0.4, 0.5) is 0 Å². The summed E-state index contributed by atoms with van der Waals surface area (Å²) in [7, 11) is 0. The molecule has 0 aliphatic heterocycles. The summed E-state index contributed by atoms with van der Waals surface area (Å²) in [5, 5.41) is 11.9. The molecule has 1 aromatic heterocycles. The van der Waals surface area contributed by atoms with E-state index in [0.29, 0.717) is 24.8 Å². The fourth-order valence-corrected chi connectivity index (χ4v) is 1.93. The van der Waals surface area contributed by atoms with Crippen LogP contribution in [0.5, 0.6) is 11.8 Å². The van der Waals surface area contributed by atoms with Gasteiger partial charge in [0.25, 0.3) is 0 Å². The molecule has 0 aliphatic carbocycles. The van der Waals surface area contributed by atoms with Gasteiger partial charge in [-0.1, -0.05) is 15.9 Å². The second-order valence-corrected chi connectivity index (χ2v) is 4.70. The van der Waals surface area contributed by atoms with Crippen molar-refractivity contribution in [2.24, 2.45) is 0 Å². The number of nitrogens with one attached hydrogen (secondary N) is 1. The van der Waals surface area contributed by atoms with Crippen molar-refractivity contribution in [3.8, 4) is 11.8 Å². The summed E-state index contributed by atoms with van der Waals surface area (Å²) in [6, 6.07) is 7.76. The van der Waals surface area contributed by atoms with Gasteiger partial charge < -0.3 is 15.2 Å². The Kier molecular flexibility index (Phi) is 5.26. The van der Waals surface area contributed by atoms with E-state index in [0.717, 1.165) is 10.0 Å². The van der Waals surface area contributed by atoms with Crippen molar-refractivity contribution in [2.45, 2.75) is 6.54 Å². The molecule has 100 valence electrons. The Morgan fingerprint density at radius 3 is 2.79 bits per heavy atom. The smallest absolute Gasteiger partial charge is 0.321 e. The normalized spacial score (nSPS) is 10.4. The SMILES string of the molecule is OCCNCc1cc(Br)ccc1Oc1ncccn1. The first kappa shape index (κ1) is 13.9. The summed E-state index contributed by atoms with van der Waals surface area (Å²) in [6.45, 7) is 1.24. The van der Waals surface area contributed by atoms with E-state index in [-0.39, 0.29) is 6.61 Å². The molecule has 19 heavy (non-hydrogen) atoms. The fraction of sp³-hybridized carbons (Fsp3) is 0.231. The van der Waals surface area contributed by atoms with E-state index < -0.39 is 0 Å². The van der Waals surface area contributed by atoms with E-state index in [1.54, 1.807) is 18.5 Å². The van der Waals surface area contributed by atoms with E-state index in [2.05, 4.69) is 31.2 Å². The minimum atomic E-state index is 0.103. The average molecular weight is 324 g/mol. The van der Waals surface area contributed by atoms with Crippen molar-refractivity contribution in [2.75, 3.05) is 13.2 Å². The van der Waals surface area contributed by atoms with Crippen LogP contribution in [0.3, 0.4) is 0 Å². The molecule has 2 N–H and O–H groups in total. The highest BCUT2D eigenvalue weighted by Gasteiger charge is 2.07. The van der Waals surface area contributed by atoms with Crippen LogP contribution in [0.1, 0.15) is 5.56 Å². The number of aromatic nitrogens is 2. The molecule has 0 amide bonds. The Balaban J connectivity index is 2.14. The molecule has 0 spiro atoms. The first-order valence-corrected chi connectivity index (χ1v) is 6.64. The molecule has 0 saturated heterocycles. The van der Waals surface area contributed by atoms with Gasteiger partial charge in [-0.25, -0.2) is 9.97 Å². The van der Waals surface area contributed by atoms with E-state index in [1.165, 1.54) is 0 Å². The van der Waals surface area contributed by atoms with Crippen LogP contribution < -0.4 is 10.1 Å². The molecule has 0 bridgehead atoms. The minimum absolute atomic E-state index is 0.103. The zero-order chi connectivity index (χ0) is 13.5. The summed E-state index contributed by atoms with van der Waals surface area (Å²) in [5.41, 5.74) is 0.968.